The van der Waals surface area contributed by atoms with Gasteiger partial charge in [-0.25, -0.2) is 4.90 Å². The second kappa shape index (κ2) is 12.3. The molecule has 0 aromatic carbocycles. The number of ether oxygens (including phenoxy) is 4. The van der Waals surface area contributed by atoms with Gasteiger partial charge in [0, 0.05) is 6.42 Å². The Balaban J connectivity index is 2.99. The number of hydrogen-bond donors (Lipinski definition) is 0. The number of nitrogens with zero attached hydrogens (tertiary/aromatic N) is 1. The van der Waals surface area contributed by atoms with E-state index in [0.717, 1.165) is 25.7 Å². The molecular formula is C19H35NO6. The highest BCUT2D eigenvalue weighted by atomic mass is 16.7. The Morgan fingerprint density at radius 3 is 1.96 bits per heavy atom. The van der Waals surface area contributed by atoms with E-state index in [-0.39, 0.29) is 18.5 Å². The lowest BCUT2D eigenvalue weighted by atomic mass is 10.2. The number of carbonyl (C=O) groups excluding carboxylic acids is 2. The van der Waals surface area contributed by atoms with Crippen LogP contribution < -0.4 is 0 Å². The molecule has 0 bridgehead atoms. The minimum Gasteiger partial charge on any atom is -0.465 e. The summed E-state index contributed by atoms with van der Waals surface area (Å²) in [6.07, 6.45) is 4.17. The quantitative estimate of drug-likeness (QED) is 0.363. The monoisotopic (exact) mass is 373 g/mol. The summed E-state index contributed by atoms with van der Waals surface area (Å²) in [5, 5.41) is 0. The van der Waals surface area contributed by atoms with E-state index in [0.29, 0.717) is 39.3 Å². The maximum absolute atomic E-state index is 12.5. The zero-order chi connectivity index (χ0) is 19.4. The smallest absolute Gasteiger partial charge is 0.323 e. The first kappa shape index (κ1) is 22.9. The van der Waals surface area contributed by atoms with Crippen molar-refractivity contribution in [3.05, 3.63) is 0 Å². The molecule has 0 unspecified atom stereocenters. The van der Waals surface area contributed by atoms with Crippen molar-refractivity contribution in [2.75, 3.05) is 33.0 Å². The van der Waals surface area contributed by atoms with Gasteiger partial charge in [0.1, 0.15) is 12.6 Å². The molecule has 1 atom stereocenters. The Morgan fingerprint density at radius 1 is 0.885 bits per heavy atom. The molecule has 0 aromatic heterocycles. The van der Waals surface area contributed by atoms with Crippen molar-refractivity contribution in [2.24, 2.45) is 0 Å². The molecule has 26 heavy (non-hydrogen) atoms. The lowest BCUT2D eigenvalue weighted by molar-refractivity contribution is -0.307. The van der Waals surface area contributed by atoms with Gasteiger partial charge in [-0.05, 0) is 32.1 Å². The van der Waals surface area contributed by atoms with Crippen molar-refractivity contribution >= 4 is 11.9 Å². The molecule has 0 aliphatic carbocycles. The van der Waals surface area contributed by atoms with Crippen molar-refractivity contribution in [3.63, 3.8) is 0 Å². The van der Waals surface area contributed by atoms with Crippen LogP contribution >= 0.6 is 0 Å². The third kappa shape index (κ3) is 6.52. The Labute approximate surface area is 157 Å². The van der Waals surface area contributed by atoms with Crippen LogP contribution in [0.25, 0.3) is 0 Å². The van der Waals surface area contributed by atoms with Gasteiger partial charge in [-0.2, -0.15) is 0 Å². The summed E-state index contributed by atoms with van der Waals surface area (Å²) in [7, 11) is 0. The van der Waals surface area contributed by atoms with Gasteiger partial charge in [0.2, 0.25) is 5.91 Å². The highest BCUT2D eigenvalue weighted by Crippen LogP contribution is 2.37. The fourth-order valence-electron chi connectivity index (χ4n) is 2.91. The van der Waals surface area contributed by atoms with E-state index in [1.807, 2.05) is 27.7 Å². The van der Waals surface area contributed by atoms with E-state index < -0.39 is 12.0 Å². The zero-order valence-corrected chi connectivity index (χ0v) is 16.8. The minimum absolute atomic E-state index is 0.0562. The fraction of sp³-hybridized carbons (Fsp3) is 0.895. The standard InChI is InChI=1S/C19H35NO6/c1-5-11-23-17(21)15-20-16(18(22)24-12-6-2)9-10-19(20,25-13-7-3)26-14-8-4/h16H,5-15H2,1-4H3/t16-/m0/s1. The maximum atomic E-state index is 12.5. The van der Waals surface area contributed by atoms with Crippen LogP contribution in [0.4, 0.5) is 0 Å². The summed E-state index contributed by atoms with van der Waals surface area (Å²) in [6.45, 7) is 9.54. The molecule has 0 radical (unpaired) electrons. The summed E-state index contributed by atoms with van der Waals surface area (Å²) >= 11 is 0. The van der Waals surface area contributed by atoms with Crippen molar-refractivity contribution in [3.8, 4) is 0 Å². The largest absolute Gasteiger partial charge is 0.465 e. The predicted octanol–water partition coefficient (Wildman–Crippen LogP) is 2.86. The molecule has 0 amide bonds. The maximum Gasteiger partial charge on any atom is 0.323 e. The van der Waals surface area contributed by atoms with E-state index >= 15 is 0 Å². The van der Waals surface area contributed by atoms with Crippen LogP contribution in [0, 0.1) is 0 Å². The summed E-state index contributed by atoms with van der Waals surface area (Å²) in [5.74, 6) is -1.79. The highest BCUT2D eigenvalue weighted by Gasteiger charge is 2.52. The third-order valence-corrected chi connectivity index (χ3v) is 4.10. The normalized spacial score (nSPS) is 19.5. The van der Waals surface area contributed by atoms with Crippen LogP contribution in [0.15, 0.2) is 0 Å². The number of hydrogen-bond acceptors (Lipinski definition) is 7. The predicted molar refractivity (Wildman–Crippen MR) is 97.4 cm³/mol. The van der Waals surface area contributed by atoms with Crippen molar-refractivity contribution in [2.45, 2.75) is 78.2 Å². The molecule has 7 nitrogen and oxygen atoms in total. The van der Waals surface area contributed by atoms with Gasteiger partial charge >= 0.3 is 11.9 Å². The molecule has 0 spiro atoms. The fourth-order valence-corrected chi connectivity index (χ4v) is 2.91. The summed E-state index contributed by atoms with van der Waals surface area (Å²) in [5.41, 5.74) is 0. The van der Waals surface area contributed by atoms with Gasteiger partial charge < -0.3 is 18.9 Å². The number of likely N-dealkylation sites (tertiary alicyclic amines) is 1. The van der Waals surface area contributed by atoms with Crippen molar-refractivity contribution in [1.82, 2.24) is 4.90 Å². The van der Waals surface area contributed by atoms with Gasteiger partial charge in [-0.1, -0.05) is 27.7 Å². The summed E-state index contributed by atoms with van der Waals surface area (Å²) < 4.78 is 22.6. The summed E-state index contributed by atoms with van der Waals surface area (Å²) in [4.78, 5) is 26.5. The second-order valence-corrected chi connectivity index (χ2v) is 6.48. The first-order valence-electron chi connectivity index (χ1n) is 9.91. The second-order valence-electron chi connectivity index (χ2n) is 6.48. The van der Waals surface area contributed by atoms with Crippen LogP contribution in [-0.4, -0.2) is 61.8 Å². The Kier molecular flexibility index (Phi) is 10.8. The number of esters is 2. The Morgan fingerprint density at radius 2 is 1.42 bits per heavy atom. The summed E-state index contributed by atoms with van der Waals surface area (Å²) in [6, 6.07) is -0.565. The van der Waals surface area contributed by atoms with Crippen LogP contribution in [0.5, 0.6) is 0 Å². The van der Waals surface area contributed by atoms with Crippen molar-refractivity contribution in [1.29, 1.82) is 0 Å². The van der Waals surface area contributed by atoms with E-state index in [2.05, 4.69) is 0 Å². The molecule has 152 valence electrons. The van der Waals surface area contributed by atoms with Crippen LogP contribution in [0.1, 0.15) is 66.2 Å². The molecule has 1 aliphatic rings. The van der Waals surface area contributed by atoms with Gasteiger partial charge in [0.25, 0.3) is 0 Å². The minimum atomic E-state index is -1.08. The first-order chi connectivity index (χ1) is 12.5. The zero-order valence-electron chi connectivity index (χ0n) is 16.8. The van der Waals surface area contributed by atoms with Crippen LogP contribution in [0.3, 0.4) is 0 Å². The molecule has 0 aromatic rings. The SMILES string of the molecule is CCCOC(=O)CN1[C@H](C(=O)OCCC)CCC1(OCCC)OCCC. The van der Waals surface area contributed by atoms with Crippen LogP contribution in [0.2, 0.25) is 0 Å². The van der Waals surface area contributed by atoms with Crippen LogP contribution in [-0.2, 0) is 28.5 Å². The van der Waals surface area contributed by atoms with Gasteiger partial charge in [-0.3, -0.25) is 9.59 Å². The van der Waals surface area contributed by atoms with E-state index in [1.54, 1.807) is 4.90 Å². The van der Waals surface area contributed by atoms with Crippen molar-refractivity contribution < 1.29 is 28.5 Å². The molecule has 7 heteroatoms. The lowest BCUT2D eigenvalue weighted by Gasteiger charge is -2.39. The van der Waals surface area contributed by atoms with Gasteiger partial charge in [0.15, 0.2) is 0 Å². The molecule has 1 aliphatic heterocycles. The molecule has 0 saturated carbocycles. The van der Waals surface area contributed by atoms with Gasteiger partial charge in [-0.15, -0.1) is 0 Å². The molecule has 1 fully saturated rings. The van der Waals surface area contributed by atoms with E-state index in [9.17, 15) is 9.59 Å². The topological polar surface area (TPSA) is 74.3 Å². The molecule has 0 N–H and O–H groups in total. The number of carbonyl (C=O) groups is 2. The Bertz CT molecular complexity index is 420. The molecule has 1 rings (SSSR count). The van der Waals surface area contributed by atoms with Gasteiger partial charge in [0.05, 0.1) is 26.4 Å². The van der Waals surface area contributed by atoms with E-state index in [4.69, 9.17) is 18.9 Å². The third-order valence-electron chi connectivity index (χ3n) is 4.10. The Hall–Kier alpha value is -1.18. The van der Waals surface area contributed by atoms with E-state index in [1.165, 1.54) is 0 Å². The highest BCUT2D eigenvalue weighted by molar-refractivity contribution is 5.78. The number of rotatable bonds is 13. The average Bonchev–Trinajstić information content (AvgIpc) is 2.99. The average molecular weight is 373 g/mol. The lowest BCUT2D eigenvalue weighted by Crippen LogP contribution is -2.55. The molecule has 1 heterocycles. The molecule has 1 saturated heterocycles. The first-order valence-corrected chi connectivity index (χ1v) is 9.91. The molecular weight excluding hydrogens is 338 g/mol.